The molecule has 5 aliphatic rings. The molecule has 2 fully saturated rings. The van der Waals surface area contributed by atoms with E-state index in [0.29, 0.717) is 17.2 Å². The van der Waals surface area contributed by atoms with Gasteiger partial charge in [0.25, 0.3) is 5.76 Å². The van der Waals surface area contributed by atoms with Crippen LogP contribution in [0.2, 0.25) is 0 Å². The smallest absolute Gasteiger partial charge is 0.317 e. The van der Waals surface area contributed by atoms with Crippen molar-refractivity contribution in [1.82, 2.24) is 0 Å². The van der Waals surface area contributed by atoms with Crippen LogP contribution in [0, 0.1) is 0 Å². The molecule has 5 nitrogen and oxygen atoms in total. The van der Waals surface area contributed by atoms with Crippen LogP contribution in [0.25, 0.3) is 0 Å². The summed E-state index contributed by atoms with van der Waals surface area (Å²) in [4.78, 5) is 9.94. The molecule has 0 radical (unpaired) electrons. The van der Waals surface area contributed by atoms with Crippen LogP contribution in [0.4, 0.5) is 0 Å². The normalized spacial score (nSPS) is 45.5. The summed E-state index contributed by atoms with van der Waals surface area (Å²) in [6, 6.07) is 0. The maximum atomic E-state index is 5.82. The highest BCUT2D eigenvalue weighted by molar-refractivity contribution is 5.57. The van der Waals surface area contributed by atoms with Crippen molar-refractivity contribution < 1.29 is 19.2 Å². The topological polar surface area (TPSA) is 66.2 Å². The molecule has 2 atom stereocenters. The highest BCUT2D eigenvalue weighted by atomic mass is 17.3. The van der Waals surface area contributed by atoms with Crippen LogP contribution in [-0.2, 0) is 19.2 Å². The van der Waals surface area contributed by atoms with E-state index in [-0.39, 0.29) is 0 Å². The maximum absolute atomic E-state index is 5.82. The van der Waals surface area contributed by atoms with Crippen molar-refractivity contribution in [1.29, 1.82) is 0 Å². The summed E-state index contributed by atoms with van der Waals surface area (Å²) in [7, 11) is 0. The van der Waals surface area contributed by atoms with Crippen LogP contribution in [0.1, 0.15) is 19.8 Å². The van der Waals surface area contributed by atoms with Gasteiger partial charge in [-0.2, -0.15) is 0 Å². The number of hydrogen-bond acceptors (Lipinski definition) is 5. The Kier molecular flexibility index (Phi) is 0.846. The molecule has 0 aromatic carbocycles. The Morgan fingerprint density at radius 3 is 2.79 bits per heavy atom. The Morgan fingerprint density at radius 2 is 2.21 bits per heavy atom. The number of rotatable bonds is 2. The van der Waals surface area contributed by atoms with E-state index >= 15 is 0 Å². The van der Waals surface area contributed by atoms with Crippen LogP contribution in [0.3, 0.4) is 0 Å². The van der Waals surface area contributed by atoms with Crippen LogP contribution in [0.15, 0.2) is 23.0 Å². The molecule has 2 unspecified atom stereocenters. The van der Waals surface area contributed by atoms with Crippen molar-refractivity contribution in [2.75, 3.05) is 0 Å². The minimum absolute atomic E-state index is 0.485. The summed E-state index contributed by atoms with van der Waals surface area (Å²) in [5.74, 6) is 1.25. The van der Waals surface area contributed by atoms with Crippen LogP contribution < -0.4 is 5.73 Å². The molecule has 5 heteroatoms. The fourth-order valence-corrected chi connectivity index (χ4v) is 2.49. The average molecular weight is 195 g/mol. The van der Waals surface area contributed by atoms with Gasteiger partial charge in [0.1, 0.15) is 5.70 Å². The number of nitrogens with two attached hydrogens (primary N) is 1. The lowest BCUT2D eigenvalue weighted by molar-refractivity contribution is -0.424. The Labute approximate surface area is 80.0 Å². The van der Waals surface area contributed by atoms with Crippen molar-refractivity contribution >= 4 is 0 Å². The fraction of sp³-hybridized carbons (Fsp3) is 0.556. The first-order valence-corrected chi connectivity index (χ1v) is 4.74. The number of ether oxygens (including phenoxy) is 2. The molecule has 74 valence electrons. The van der Waals surface area contributed by atoms with Gasteiger partial charge in [-0.25, -0.2) is 0 Å². The van der Waals surface area contributed by atoms with E-state index in [4.69, 9.17) is 25.0 Å². The van der Waals surface area contributed by atoms with Gasteiger partial charge in [0, 0.05) is 0 Å². The molecule has 2 N–H and O–H groups in total. The predicted octanol–water partition coefficient (Wildman–Crippen LogP) is 0.639. The molecule has 0 saturated carbocycles. The third kappa shape index (κ3) is 0.418. The molecule has 14 heavy (non-hydrogen) atoms. The second kappa shape index (κ2) is 1.66. The van der Waals surface area contributed by atoms with Crippen LogP contribution in [-0.4, -0.2) is 11.4 Å². The van der Waals surface area contributed by atoms with E-state index in [1.807, 2.05) is 0 Å². The van der Waals surface area contributed by atoms with Gasteiger partial charge in [0.2, 0.25) is 5.76 Å². The zero-order valence-electron chi connectivity index (χ0n) is 7.62. The highest BCUT2D eigenvalue weighted by Gasteiger charge is 2.89. The zero-order valence-corrected chi connectivity index (χ0v) is 7.62. The molecule has 0 amide bonds. The molecule has 4 heterocycles. The molecule has 1 spiro atoms. The van der Waals surface area contributed by atoms with Gasteiger partial charge in [0.15, 0.2) is 11.4 Å². The van der Waals surface area contributed by atoms with Crippen molar-refractivity contribution in [3.63, 3.8) is 0 Å². The Balaban J connectivity index is 1.89. The number of hydrogen-bond donors (Lipinski definition) is 1. The van der Waals surface area contributed by atoms with E-state index in [9.17, 15) is 0 Å². The van der Waals surface area contributed by atoms with E-state index in [1.165, 1.54) is 0 Å². The zero-order chi connectivity index (χ0) is 9.55. The molecule has 2 bridgehead atoms. The summed E-state index contributed by atoms with van der Waals surface area (Å²) in [5, 5.41) is 0. The van der Waals surface area contributed by atoms with Crippen LogP contribution >= 0.6 is 0 Å². The summed E-state index contributed by atoms with van der Waals surface area (Å²) < 4.78 is 11.1. The minimum Gasteiger partial charge on any atom is -0.450 e. The largest absolute Gasteiger partial charge is 0.450 e. The Bertz CT molecular complexity index is 427. The first-order valence-electron chi connectivity index (χ1n) is 4.74. The molecule has 1 aliphatic carbocycles. The summed E-state index contributed by atoms with van der Waals surface area (Å²) >= 11 is 0. The average Bonchev–Trinajstić information content (AvgIpc) is 2.82. The van der Waals surface area contributed by atoms with Gasteiger partial charge in [-0.3, -0.25) is 0 Å². The van der Waals surface area contributed by atoms with Crippen molar-refractivity contribution in [3.05, 3.63) is 23.0 Å². The van der Waals surface area contributed by atoms with Gasteiger partial charge in [-0.05, 0) is 6.42 Å². The first kappa shape index (κ1) is 7.14. The van der Waals surface area contributed by atoms with Gasteiger partial charge >= 0.3 is 5.79 Å². The van der Waals surface area contributed by atoms with E-state index in [1.54, 1.807) is 0 Å². The molecule has 0 aromatic rings. The first-order chi connectivity index (χ1) is 6.75. The second-order valence-corrected chi connectivity index (χ2v) is 3.97. The van der Waals surface area contributed by atoms with Crippen LogP contribution in [0.5, 0.6) is 0 Å². The van der Waals surface area contributed by atoms with Gasteiger partial charge in [-0.1, -0.05) is 13.3 Å². The van der Waals surface area contributed by atoms with Crippen molar-refractivity contribution in [2.45, 2.75) is 31.2 Å². The van der Waals surface area contributed by atoms with Gasteiger partial charge in [0.05, 0.1) is 0 Å². The summed E-state index contributed by atoms with van der Waals surface area (Å²) in [5.41, 5.74) is 6.00. The Hall–Kier alpha value is -1.20. The SMILES string of the molecule is CCCC12OC13OOC3=C1OC2=C1N. The lowest BCUT2D eigenvalue weighted by Crippen LogP contribution is -2.51. The van der Waals surface area contributed by atoms with Crippen molar-refractivity contribution in [3.8, 4) is 0 Å². The highest BCUT2D eigenvalue weighted by Crippen LogP contribution is 2.72. The summed E-state index contributed by atoms with van der Waals surface area (Å²) in [6.45, 7) is 2.08. The second-order valence-electron chi connectivity index (χ2n) is 3.97. The molecular formula is C9H9NO4. The lowest BCUT2D eigenvalue weighted by Gasteiger charge is -2.40. The van der Waals surface area contributed by atoms with Gasteiger partial charge in [-0.15, -0.1) is 4.89 Å². The molecule has 5 rings (SSSR count). The van der Waals surface area contributed by atoms with E-state index in [0.717, 1.165) is 18.6 Å². The predicted molar refractivity (Wildman–Crippen MR) is 42.9 cm³/mol. The minimum atomic E-state index is -0.672. The summed E-state index contributed by atoms with van der Waals surface area (Å²) in [6.07, 6.45) is 1.82. The van der Waals surface area contributed by atoms with Crippen molar-refractivity contribution in [2.24, 2.45) is 5.73 Å². The third-order valence-corrected chi connectivity index (χ3v) is 3.22. The maximum Gasteiger partial charge on any atom is 0.317 e. The quantitative estimate of drug-likeness (QED) is 0.517. The molecule has 2 saturated heterocycles. The van der Waals surface area contributed by atoms with E-state index in [2.05, 4.69) is 6.92 Å². The lowest BCUT2D eigenvalue weighted by atomic mass is 9.84. The van der Waals surface area contributed by atoms with E-state index < -0.39 is 11.4 Å². The van der Waals surface area contributed by atoms with Gasteiger partial charge < -0.3 is 20.1 Å². The fourth-order valence-electron chi connectivity index (χ4n) is 2.49. The Morgan fingerprint density at radius 1 is 1.36 bits per heavy atom. The molecular weight excluding hydrogens is 186 g/mol. The number of epoxide rings is 1. The molecule has 0 aromatic heterocycles. The standard InChI is InChI=1S/C9H9NO4/c1-2-3-8-6-4(10)5(11-6)7-9(8,13-8)14-12-7/h2-3,10H2,1H3. The third-order valence-electron chi connectivity index (χ3n) is 3.22. The monoisotopic (exact) mass is 195 g/mol. The molecule has 4 aliphatic heterocycles.